The molecule has 1 heterocycles. The van der Waals surface area contributed by atoms with Crippen molar-refractivity contribution < 1.29 is 4.79 Å². The molecule has 0 spiro atoms. The van der Waals surface area contributed by atoms with Crippen LogP contribution in [0.2, 0.25) is 10.2 Å². The number of halogens is 2. The topological polar surface area (TPSA) is 42.0 Å². The van der Waals surface area contributed by atoms with E-state index in [1.165, 1.54) is 31.5 Å². The molecule has 19 heavy (non-hydrogen) atoms. The van der Waals surface area contributed by atoms with E-state index in [9.17, 15) is 4.79 Å². The fourth-order valence-corrected chi connectivity index (χ4v) is 2.99. The first-order valence-corrected chi connectivity index (χ1v) is 7.47. The average Bonchev–Trinajstić information content (AvgIpc) is 2.41. The Morgan fingerprint density at radius 2 is 2.26 bits per heavy atom. The third kappa shape index (κ3) is 3.83. The molecule has 0 bridgehead atoms. The van der Waals surface area contributed by atoms with Crippen LogP contribution in [0.25, 0.3) is 0 Å². The van der Waals surface area contributed by atoms with Gasteiger partial charge in [-0.25, -0.2) is 4.98 Å². The van der Waals surface area contributed by atoms with Gasteiger partial charge in [-0.1, -0.05) is 49.4 Å². The molecule has 2 rings (SSSR count). The summed E-state index contributed by atoms with van der Waals surface area (Å²) in [6, 6.07) is 1.76. The largest absolute Gasteiger partial charge is 0.349 e. The van der Waals surface area contributed by atoms with Crippen molar-refractivity contribution >= 4 is 29.1 Å². The molecule has 1 N–H and O–H groups in total. The van der Waals surface area contributed by atoms with Crippen molar-refractivity contribution in [3.05, 3.63) is 28.0 Å². The third-order valence-electron chi connectivity index (χ3n) is 3.76. The number of aromatic nitrogens is 1. The van der Waals surface area contributed by atoms with Gasteiger partial charge >= 0.3 is 0 Å². The van der Waals surface area contributed by atoms with E-state index in [1.54, 1.807) is 0 Å². The molecule has 1 aliphatic rings. The summed E-state index contributed by atoms with van der Waals surface area (Å²) < 4.78 is 0. The van der Waals surface area contributed by atoms with Crippen LogP contribution in [0.15, 0.2) is 12.3 Å². The van der Waals surface area contributed by atoms with Gasteiger partial charge in [0.25, 0.3) is 5.91 Å². The highest BCUT2D eigenvalue weighted by atomic mass is 35.5. The molecule has 2 unspecified atom stereocenters. The minimum atomic E-state index is -0.156. The minimum Gasteiger partial charge on any atom is -0.349 e. The van der Waals surface area contributed by atoms with Gasteiger partial charge in [0.15, 0.2) is 0 Å². The van der Waals surface area contributed by atoms with Crippen molar-refractivity contribution in [2.45, 2.75) is 45.1 Å². The molecule has 1 fully saturated rings. The molecule has 1 amide bonds. The lowest BCUT2D eigenvalue weighted by molar-refractivity contribution is 0.0919. The normalized spacial score (nSPS) is 23.1. The number of amides is 1. The molecule has 0 radical (unpaired) electrons. The number of carbonyl (C=O) groups is 1. The number of carbonyl (C=O) groups excluding carboxylic acids is 1. The van der Waals surface area contributed by atoms with Gasteiger partial charge in [0, 0.05) is 12.2 Å². The molecule has 104 valence electrons. The van der Waals surface area contributed by atoms with E-state index in [0.29, 0.717) is 10.6 Å². The Morgan fingerprint density at radius 3 is 3.00 bits per heavy atom. The van der Waals surface area contributed by atoms with E-state index in [0.717, 1.165) is 18.8 Å². The van der Waals surface area contributed by atoms with E-state index < -0.39 is 0 Å². The summed E-state index contributed by atoms with van der Waals surface area (Å²) in [6.45, 7) is 2.20. The lowest BCUT2D eigenvalue weighted by atomic mass is 9.84. The highest BCUT2D eigenvalue weighted by molar-refractivity contribution is 6.35. The first-order chi connectivity index (χ1) is 9.10. The molecule has 1 saturated carbocycles. The summed E-state index contributed by atoms with van der Waals surface area (Å²) in [6.07, 6.45) is 7.12. The van der Waals surface area contributed by atoms with Gasteiger partial charge < -0.3 is 5.32 Å². The van der Waals surface area contributed by atoms with Gasteiger partial charge in [-0.2, -0.15) is 0 Å². The van der Waals surface area contributed by atoms with Gasteiger partial charge in [0.2, 0.25) is 0 Å². The Kier molecular flexibility index (Phi) is 5.06. The molecule has 0 saturated heterocycles. The Balaban J connectivity index is 2.02. The smallest absolute Gasteiger partial charge is 0.253 e. The van der Waals surface area contributed by atoms with Crippen molar-refractivity contribution in [1.82, 2.24) is 10.3 Å². The minimum absolute atomic E-state index is 0.156. The molecule has 0 aromatic carbocycles. The Bertz CT molecular complexity index is 465. The Morgan fingerprint density at radius 1 is 1.47 bits per heavy atom. The van der Waals surface area contributed by atoms with E-state index in [4.69, 9.17) is 23.2 Å². The maximum Gasteiger partial charge on any atom is 0.253 e. The number of hydrogen-bond acceptors (Lipinski definition) is 2. The number of rotatable bonds is 3. The summed E-state index contributed by atoms with van der Waals surface area (Å²) in [7, 11) is 0. The number of hydrogen-bond donors (Lipinski definition) is 1. The summed E-state index contributed by atoms with van der Waals surface area (Å²) in [5.74, 6) is 0.562. The molecular formula is C14H18Cl2N2O. The second-order valence-electron chi connectivity index (χ2n) is 5.10. The zero-order chi connectivity index (χ0) is 13.8. The maximum atomic E-state index is 12.2. The van der Waals surface area contributed by atoms with Crippen molar-refractivity contribution in [1.29, 1.82) is 0 Å². The zero-order valence-corrected chi connectivity index (χ0v) is 12.5. The molecule has 5 heteroatoms. The van der Waals surface area contributed by atoms with Crippen LogP contribution in [0, 0.1) is 5.92 Å². The third-order valence-corrected chi connectivity index (χ3v) is 4.27. The van der Waals surface area contributed by atoms with E-state index in [1.807, 2.05) is 0 Å². The van der Waals surface area contributed by atoms with Crippen LogP contribution in [0.1, 0.15) is 49.4 Å². The second kappa shape index (κ2) is 6.58. The predicted molar refractivity (Wildman–Crippen MR) is 77.8 cm³/mol. The van der Waals surface area contributed by atoms with E-state index in [-0.39, 0.29) is 17.1 Å². The maximum absolute atomic E-state index is 12.2. The zero-order valence-electron chi connectivity index (χ0n) is 11.0. The van der Waals surface area contributed by atoms with Gasteiger partial charge in [-0.15, -0.1) is 0 Å². The number of nitrogens with one attached hydrogen (secondary N) is 1. The van der Waals surface area contributed by atoms with Gasteiger partial charge in [-0.3, -0.25) is 4.79 Å². The van der Waals surface area contributed by atoms with Crippen molar-refractivity contribution in [2.75, 3.05) is 0 Å². The van der Waals surface area contributed by atoms with Crippen LogP contribution in [-0.2, 0) is 0 Å². The molecule has 1 aromatic heterocycles. The number of pyridine rings is 1. The van der Waals surface area contributed by atoms with E-state index in [2.05, 4.69) is 17.2 Å². The van der Waals surface area contributed by atoms with Crippen LogP contribution in [0.3, 0.4) is 0 Å². The number of nitrogens with zero attached hydrogens (tertiary/aromatic N) is 1. The van der Waals surface area contributed by atoms with Crippen LogP contribution in [0.4, 0.5) is 0 Å². The fourth-order valence-electron chi connectivity index (χ4n) is 2.64. The van der Waals surface area contributed by atoms with Gasteiger partial charge in [-0.05, 0) is 24.8 Å². The van der Waals surface area contributed by atoms with Crippen molar-refractivity contribution in [2.24, 2.45) is 5.92 Å². The predicted octanol–water partition coefficient (Wildman–Crippen LogP) is 4.09. The van der Waals surface area contributed by atoms with Crippen LogP contribution in [-0.4, -0.2) is 16.9 Å². The van der Waals surface area contributed by atoms with Crippen LogP contribution >= 0.6 is 23.2 Å². The molecule has 3 nitrogen and oxygen atoms in total. The summed E-state index contributed by atoms with van der Waals surface area (Å²) in [5, 5.41) is 3.68. The molecule has 2 atom stereocenters. The van der Waals surface area contributed by atoms with Crippen LogP contribution in [0.5, 0.6) is 0 Å². The Labute approximate surface area is 123 Å². The van der Waals surface area contributed by atoms with Crippen LogP contribution < -0.4 is 5.32 Å². The van der Waals surface area contributed by atoms with Gasteiger partial charge in [0.1, 0.15) is 5.15 Å². The first kappa shape index (κ1) is 14.6. The highest BCUT2D eigenvalue weighted by Gasteiger charge is 2.23. The summed E-state index contributed by atoms with van der Waals surface area (Å²) in [5.41, 5.74) is 0.403. The van der Waals surface area contributed by atoms with Crippen molar-refractivity contribution in [3.63, 3.8) is 0 Å². The molecular weight excluding hydrogens is 283 g/mol. The van der Waals surface area contributed by atoms with Gasteiger partial charge in [0.05, 0.1) is 10.6 Å². The average molecular weight is 301 g/mol. The fraction of sp³-hybridized carbons (Fsp3) is 0.571. The monoisotopic (exact) mass is 300 g/mol. The quantitative estimate of drug-likeness (QED) is 0.854. The van der Waals surface area contributed by atoms with Crippen molar-refractivity contribution in [3.8, 4) is 0 Å². The molecule has 1 aromatic rings. The highest BCUT2D eigenvalue weighted by Crippen LogP contribution is 2.27. The molecule has 1 aliphatic carbocycles. The lowest BCUT2D eigenvalue weighted by Crippen LogP contribution is -2.38. The first-order valence-electron chi connectivity index (χ1n) is 6.72. The molecule has 0 aliphatic heterocycles. The standard InChI is InChI=1S/C14H18Cl2N2O/c1-2-9-4-3-5-10(6-9)18-14(19)11-7-13(16)17-8-12(11)15/h7-10H,2-6H2,1H3,(H,18,19). The summed E-state index contributed by atoms with van der Waals surface area (Å²) in [4.78, 5) is 16.0. The SMILES string of the molecule is CCC1CCCC(NC(=O)c2cc(Cl)ncc2Cl)C1. The lowest BCUT2D eigenvalue weighted by Gasteiger charge is -2.29. The Hall–Kier alpha value is -0.800. The second-order valence-corrected chi connectivity index (χ2v) is 5.89. The summed E-state index contributed by atoms with van der Waals surface area (Å²) >= 11 is 11.8. The van der Waals surface area contributed by atoms with E-state index >= 15 is 0 Å².